The van der Waals surface area contributed by atoms with Crippen LogP contribution in [0.1, 0.15) is 0 Å². The summed E-state index contributed by atoms with van der Waals surface area (Å²) in [6.07, 6.45) is -1.93. The SMILES string of the molecule is CO[C@H]1[C@H](OC)[C@H](OC)CO[C@H]1O. The summed E-state index contributed by atoms with van der Waals surface area (Å²) in [6, 6.07) is 0. The number of hydrogen-bond donors (Lipinski definition) is 1. The maximum atomic E-state index is 9.40. The average Bonchev–Trinajstić information content (AvgIpc) is 2.17. The number of ether oxygens (including phenoxy) is 4. The van der Waals surface area contributed by atoms with Crippen LogP contribution in [0, 0.1) is 0 Å². The Hall–Kier alpha value is -0.200. The topological polar surface area (TPSA) is 57.2 Å². The van der Waals surface area contributed by atoms with E-state index in [1.165, 1.54) is 7.11 Å². The highest BCUT2D eigenvalue weighted by molar-refractivity contribution is 4.85. The van der Waals surface area contributed by atoms with E-state index in [2.05, 4.69) is 0 Å². The van der Waals surface area contributed by atoms with E-state index in [9.17, 15) is 5.11 Å². The van der Waals surface area contributed by atoms with E-state index >= 15 is 0 Å². The molecule has 0 amide bonds. The molecule has 0 bridgehead atoms. The summed E-state index contributed by atoms with van der Waals surface area (Å²) in [5, 5.41) is 9.40. The molecular weight excluding hydrogens is 176 g/mol. The summed E-state index contributed by atoms with van der Waals surface area (Å²) in [5.74, 6) is 0. The van der Waals surface area contributed by atoms with Crippen molar-refractivity contribution in [3.63, 3.8) is 0 Å². The number of aliphatic hydroxyl groups excluding tert-OH is 1. The fourth-order valence-electron chi connectivity index (χ4n) is 1.50. The zero-order valence-electron chi connectivity index (χ0n) is 8.10. The van der Waals surface area contributed by atoms with Gasteiger partial charge in [0.05, 0.1) is 6.61 Å². The van der Waals surface area contributed by atoms with Crippen molar-refractivity contribution in [2.45, 2.75) is 24.6 Å². The van der Waals surface area contributed by atoms with Crippen molar-refractivity contribution in [3.8, 4) is 0 Å². The molecule has 1 N–H and O–H groups in total. The number of hydrogen-bond acceptors (Lipinski definition) is 5. The molecule has 13 heavy (non-hydrogen) atoms. The Balaban J connectivity index is 2.64. The van der Waals surface area contributed by atoms with Gasteiger partial charge in [0.25, 0.3) is 0 Å². The molecule has 1 rings (SSSR count). The van der Waals surface area contributed by atoms with E-state index in [1.807, 2.05) is 0 Å². The lowest BCUT2D eigenvalue weighted by molar-refractivity contribution is -0.267. The van der Waals surface area contributed by atoms with E-state index < -0.39 is 12.4 Å². The number of methoxy groups -OCH3 is 3. The standard InChI is InChI=1S/C8H16O5/c1-10-5-4-13-8(9)7(12-3)6(5)11-2/h5-9H,4H2,1-3H3/t5-,6-,7+,8-/m1/s1. The lowest BCUT2D eigenvalue weighted by Crippen LogP contribution is -2.55. The van der Waals surface area contributed by atoms with Gasteiger partial charge >= 0.3 is 0 Å². The summed E-state index contributed by atoms with van der Waals surface area (Å²) >= 11 is 0. The fraction of sp³-hybridized carbons (Fsp3) is 1.00. The van der Waals surface area contributed by atoms with Crippen LogP contribution in [-0.2, 0) is 18.9 Å². The predicted molar refractivity (Wildman–Crippen MR) is 44.3 cm³/mol. The molecule has 1 heterocycles. The fourth-order valence-corrected chi connectivity index (χ4v) is 1.50. The monoisotopic (exact) mass is 192 g/mol. The first-order valence-electron chi connectivity index (χ1n) is 4.12. The van der Waals surface area contributed by atoms with Crippen LogP contribution >= 0.6 is 0 Å². The van der Waals surface area contributed by atoms with Crippen LogP contribution in [0.2, 0.25) is 0 Å². The lowest BCUT2D eigenvalue weighted by Gasteiger charge is -2.38. The summed E-state index contributed by atoms with van der Waals surface area (Å²) in [7, 11) is 4.63. The van der Waals surface area contributed by atoms with Crippen molar-refractivity contribution in [2.24, 2.45) is 0 Å². The van der Waals surface area contributed by atoms with Gasteiger partial charge in [-0.1, -0.05) is 0 Å². The van der Waals surface area contributed by atoms with E-state index in [0.29, 0.717) is 6.61 Å². The van der Waals surface area contributed by atoms with E-state index in [4.69, 9.17) is 18.9 Å². The molecule has 0 saturated carbocycles. The van der Waals surface area contributed by atoms with Crippen molar-refractivity contribution < 1.29 is 24.1 Å². The highest BCUT2D eigenvalue weighted by Gasteiger charge is 2.40. The summed E-state index contributed by atoms with van der Waals surface area (Å²) in [6.45, 7) is 0.316. The molecule has 1 fully saturated rings. The normalized spacial score (nSPS) is 40.6. The zero-order chi connectivity index (χ0) is 9.84. The van der Waals surface area contributed by atoms with Crippen LogP contribution in [-0.4, -0.2) is 57.6 Å². The molecule has 0 aromatic rings. The van der Waals surface area contributed by atoms with Gasteiger partial charge in [0.2, 0.25) is 0 Å². The molecule has 1 aliphatic heterocycles. The Labute approximate surface area is 77.5 Å². The van der Waals surface area contributed by atoms with Crippen LogP contribution in [0.4, 0.5) is 0 Å². The summed E-state index contributed by atoms with van der Waals surface area (Å²) < 4.78 is 20.4. The second-order valence-corrected chi connectivity index (χ2v) is 2.90. The highest BCUT2D eigenvalue weighted by atomic mass is 16.7. The largest absolute Gasteiger partial charge is 0.376 e. The first kappa shape index (κ1) is 10.9. The van der Waals surface area contributed by atoms with Crippen molar-refractivity contribution in [2.75, 3.05) is 27.9 Å². The van der Waals surface area contributed by atoms with E-state index in [-0.39, 0.29) is 12.2 Å². The smallest absolute Gasteiger partial charge is 0.183 e. The van der Waals surface area contributed by atoms with Crippen LogP contribution in [0.15, 0.2) is 0 Å². The maximum Gasteiger partial charge on any atom is 0.183 e. The van der Waals surface area contributed by atoms with Gasteiger partial charge in [-0.3, -0.25) is 0 Å². The highest BCUT2D eigenvalue weighted by Crippen LogP contribution is 2.20. The Bertz CT molecular complexity index is 151. The summed E-state index contributed by atoms with van der Waals surface area (Å²) in [4.78, 5) is 0. The van der Waals surface area contributed by atoms with Gasteiger partial charge in [0, 0.05) is 21.3 Å². The average molecular weight is 192 g/mol. The molecule has 0 spiro atoms. The van der Waals surface area contributed by atoms with Gasteiger partial charge in [0.15, 0.2) is 6.29 Å². The van der Waals surface area contributed by atoms with Crippen molar-refractivity contribution in [1.82, 2.24) is 0 Å². The third kappa shape index (κ3) is 2.18. The Kier molecular flexibility index (Phi) is 4.08. The molecule has 5 heteroatoms. The molecule has 1 saturated heterocycles. The molecule has 78 valence electrons. The Morgan fingerprint density at radius 3 is 2.15 bits per heavy atom. The molecule has 4 atom stereocenters. The minimum Gasteiger partial charge on any atom is -0.376 e. The molecule has 0 aromatic carbocycles. The molecule has 0 radical (unpaired) electrons. The van der Waals surface area contributed by atoms with Crippen molar-refractivity contribution in [1.29, 1.82) is 0 Å². The first-order valence-corrected chi connectivity index (χ1v) is 4.12. The maximum absolute atomic E-state index is 9.40. The zero-order valence-corrected chi connectivity index (χ0v) is 8.10. The van der Waals surface area contributed by atoms with Crippen LogP contribution < -0.4 is 0 Å². The van der Waals surface area contributed by atoms with E-state index in [1.54, 1.807) is 14.2 Å². The van der Waals surface area contributed by atoms with E-state index in [0.717, 1.165) is 0 Å². The van der Waals surface area contributed by atoms with Gasteiger partial charge < -0.3 is 24.1 Å². The molecule has 0 aliphatic carbocycles. The van der Waals surface area contributed by atoms with Crippen molar-refractivity contribution in [3.05, 3.63) is 0 Å². The molecule has 0 unspecified atom stereocenters. The van der Waals surface area contributed by atoms with Crippen LogP contribution in [0.5, 0.6) is 0 Å². The Morgan fingerprint density at radius 1 is 1.08 bits per heavy atom. The van der Waals surface area contributed by atoms with Gasteiger partial charge in [-0.15, -0.1) is 0 Å². The van der Waals surface area contributed by atoms with Gasteiger partial charge in [-0.2, -0.15) is 0 Å². The molecular formula is C8H16O5. The predicted octanol–water partition coefficient (Wildman–Crippen LogP) is -0.620. The van der Waals surface area contributed by atoms with Crippen LogP contribution in [0.25, 0.3) is 0 Å². The lowest BCUT2D eigenvalue weighted by atomic mass is 10.1. The third-order valence-electron chi connectivity index (χ3n) is 2.25. The Morgan fingerprint density at radius 2 is 1.69 bits per heavy atom. The minimum atomic E-state index is -0.943. The summed E-state index contributed by atoms with van der Waals surface area (Å²) in [5.41, 5.74) is 0. The minimum absolute atomic E-state index is 0.196. The van der Waals surface area contributed by atoms with Crippen LogP contribution in [0.3, 0.4) is 0 Å². The van der Waals surface area contributed by atoms with Gasteiger partial charge in [0.1, 0.15) is 18.3 Å². The molecule has 0 aromatic heterocycles. The van der Waals surface area contributed by atoms with Crippen molar-refractivity contribution >= 4 is 0 Å². The number of rotatable bonds is 3. The third-order valence-corrected chi connectivity index (χ3v) is 2.25. The molecule has 5 nitrogen and oxygen atoms in total. The quantitative estimate of drug-likeness (QED) is 0.646. The number of aliphatic hydroxyl groups is 1. The van der Waals surface area contributed by atoms with Gasteiger partial charge in [-0.25, -0.2) is 0 Å². The van der Waals surface area contributed by atoms with Gasteiger partial charge in [-0.05, 0) is 0 Å². The first-order chi connectivity index (χ1) is 6.24. The second kappa shape index (κ2) is 4.88. The molecule has 1 aliphatic rings. The second-order valence-electron chi connectivity index (χ2n) is 2.90.